The van der Waals surface area contributed by atoms with Gasteiger partial charge in [0.25, 0.3) is 0 Å². The predicted molar refractivity (Wildman–Crippen MR) is 93.3 cm³/mol. The fourth-order valence-corrected chi connectivity index (χ4v) is 2.30. The minimum atomic E-state index is -0.968. The lowest BCUT2D eigenvalue weighted by molar-refractivity contribution is -0.116. The SMILES string of the molecule is C=CC(O)[C@@H](OCc1ccccc1)[C@H](O)COCc1ccccc1. The van der Waals surface area contributed by atoms with Gasteiger partial charge >= 0.3 is 0 Å². The summed E-state index contributed by atoms with van der Waals surface area (Å²) >= 11 is 0. The summed E-state index contributed by atoms with van der Waals surface area (Å²) in [6, 6.07) is 19.3. The summed E-state index contributed by atoms with van der Waals surface area (Å²) < 4.78 is 11.2. The highest BCUT2D eigenvalue weighted by Gasteiger charge is 2.26. The number of rotatable bonds is 10. The first-order valence-corrected chi connectivity index (χ1v) is 7.96. The molecule has 0 aliphatic carbocycles. The lowest BCUT2D eigenvalue weighted by Crippen LogP contribution is -2.41. The van der Waals surface area contributed by atoms with Crippen LogP contribution in [0.1, 0.15) is 11.1 Å². The predicted octanol–water partition coefficient (Wildman–Crippen LogP) is 2.70. The third-order valence-electron chi connectivity index (χ3n) is 3.64. The van der Waals surface area contributed by atoms with Crippen LogP contribution < -0.4 is 0 Å². The Labute approximate surface area is 143 Å². The third kappa shape index (κ3) is 5.91. The van der Waals surface area contributed by atoms with Gasteiger partial charge in [-0.25, -0.2) is 0 Å². The van der Waals surface area contributed by atoms with E-state index in [1.165, 1.54) is 6.08 Å². The molecule has 1 unspecified atom stereocenters. The van der Waals surface area contributed by atoms with Crippen LogP contribution in [0.5, 0.6) is 0 Å². The normalized spacial score (nSPS) is 14.8. The summed E-state index contributed by atoms with van der Waals surface area (Å²) in [5.74, 6) is 0. The number of benzene rings is 2. The lowest BCUT2D eigenvalue weighted by atomic mass is 10.1. The molecule has 0 saturated heterocycles. The number of aliphatic hydroxyl groups is 2. The fraction of sp³-hybridized carbons (Fsp3) is 0.300. The maximum Gasteiger partial charge on any atom is 0.115 e. The Morgan fingerprint density at radius 1 is 0.875 bits per heavy atom. The average molecular weight is 328 g/mol. The second-order valence-electron chi connectivity index (χ2n) is 5.56. The van der Waals surface area contributed by atoms with Crippen LogP contribution in [0.15, 0.2) is 73.3 Å². The molecule has 2 aromatic rings. The molecule has 2 rings (SSSR count). The van der Waals surface area contributed by atoms with Gasteiger partial charge in [-0.3, -0.25) is 0 Å². The molecule has 2 N–H and O–H groups in total. The van der Waals surface area contributed by atoms with Gasteiger partial charge in [-0.15, -0.1) is 6.58 Å². The Balaban J connectivity index is 1.85. The minimum absolute atomic E-state index is 0.0687. The molecule has 0 saturated carbocycles. The molecule has 0 aliphatic heterocycles. The Kier molecular flexibility index (Phi) is 7.65. The van der Waals surface area contributed by atoms with Crippen LogP contribution in [-0.2, 0) is 22.7 Å². The molecule has 2 aromatic carbocycles. The highest BCUT2D eigenvalue weighted by atomic mass is 16.5. The molecule has 128 valence electrons. The van der Waals surface area contributed by atoms with E-state index in [1.807, 2.05) is 60.7 Å². The van der Waals surface area contributed by atoms with E-state index in [9.17, 15) is 10.2 Å². The van der Waals surface area contributed by atoms with Crippen LogP contribution in [0, 0.1) is 0 Å². The standard InChI is InChI=1S/C20H24O4/c1-2-18(21)20(24-14-17-11-7-4-8-12-17)19(22)15-23-13-16-9-5-3-6-10-16/h2-12,18-22H,1,13-15H2/t18?,19-,20-/m1/s1. The third-order valence-corrected chi connectivity index (χ3v) is 3.64. The van der Waals surface area contributed by atoms with Crippen molar-refractivity contribution >= 4 is 0 Å². The van der Waals surface area contributed by atoms with Crippen molar-refractivity contribution < 1.29 is 19.7 Å². The monoisotopic (exact) mass is 328 g/mol. The summed E-state index contributed by atoms with van der Waals surface area (Å²) in [4.78, 5) is 0. The van der Waals surface area contributed by atoms with Gasteiger partial charge in [-0.2, -0.15) is 0 Å². The van der Waals surface area contributed by atoms with E-state index in [0.29, 0.717) is 13.2 Å². The number of hydrogen-bond donors (Lipinski definition) is 2. The van der Waals surface area contributed by atoms with Gasteiger partial charge in [0.05, 0.1) is 19.8 Å². The van der Waals surface area contributed by atoms with E-state index in [-0.39, 0.29) is 6.61 Å². The first-order chi connectivity index (χ1) is 11.7. The van der Waals surface area contributed by atoms with E-state index < -0.39 is 18.3 Å². The molecule has 0 amide bonds. The van der Waals surface area contributed by atoms with Crippen molar-refractivity contribution in [1.82, 2.24) is 0 Å². The molecule has 0 bridgehead atoms. The van der Waals surface area contributed by atoms with E-state index >= 15 is 0 Å². The van der Waals surface area contributed by atoms with Crippen LogP contribution in [0.2, 0.25) is 0 Å². The maximum absolute atomic E-state index is 10.3. The highest BCUT2D eigenvalue weighted by Crippen LogP contribution is 2.12. The first-order valence-electron chi connectivity index (χ1n) is 7.96. The van der Waals surface area contributed by atoms with Gasteiger partial charge in [-0.05, 0) is 11.1 Å². The number of hydrogen-bond acceptors (Lipinski definition) is 4. The number of ether oxygens (including phenoxy) is 2. The topological polar surface area (TPSA) is 58.9 Å². The second-order valence-corrected chi connectivity index (χ2v) is 5.56. The molecule has 24 heavy (non-hydrogen) atoms. The second kappa shape index (κ2) is 10.0. The summed E-state index contributed by atoms with van der Waals surface area (Å²) in [6.45, 7) is 4.33. The van der Waals surface area contributed by atoms with Crippen molar-refractivity contribution in [2.45, 2.75) is 31.5 Å². The van der Waals surface area contributed by atoms with Crippen LogP contribution in [0.3, 0.4) is 0 Å². The van der Waals surface area contributed by atoms with Crippen LogP contribution in [-0.4, -0.2) is 35.1 Å². The van der Waals surface area contributed by atoms with E-state index in [2.05, 4.69) is 6.58 Å². The summed E-state index contributed by atoms with van der Waals surface area (Å²) in [5, 5.41) is 20.3. The van der Waals surface area contributed by atoms with Gasteiger partial charge in [0, 0.05) is 0 Å². The van der Waals surface area contributed by atoms with E-state index in [4.69, 9.17) is 9.47 Å². The van der Waals surface area contributed by atoms with E-state index in [1.54, 1.807) is 0 Å². The largest absolute Gasteiger partial charge is 0.388 e. The minimum Gasteiger partial charge on any atom is -0.388 e. The Bertz CT molecular complexity index is 585. The Morgan fingerprint density at radius 2 is 1.42 bits per heavy atom. The zero-order valence-corrected chi connectivity index (χ0v) is 13.6. The van der Waals surface area contributed by atoms with Gasteiger partial charge in [-0.1, -0.05) is 66.7 Å². The molecule has 0 radical (unpaired) electrons. The van der Waals surface area contributed by atoms with Gasteiger partial charge < -0.3 is 19.7 Å². The quantitative estimate of drug-likeness (QED) is 0.659. The Morgan fingerprint density at radius 3 is 1.96 bits per heavy atom. The van der Waals surface area contributed by atoms with Crippen LogP contribution in [0.25, 0.3) is 0 Å². The van der Waals surface area contributed by atoms with Crippen LogP contribution >= 0.6 is 0 Å². The van der Waals surface area contributed by atoms with Crippen molar-refractivity contribution in [2.24, 2.45) is 0 Å². The maximum atomic E-state index is 10.3. The smallest absolute Gasteiger partial charge is 0.115 e. The zero-order chi connectivity index (χ0) is 17.2. The molecule has 0 spiro atoms. The first kappa shape index (κ1) is 18.4. The molecule has 3 atom stereocenters. The van der Waals surface area contributed by atoms with Crippen molar-refractivity contribution in [3.8, 4) is 0 Å². The van der Waals surface area contributed by atoms with Crippen molar-refractivity contribution in [3.63, 3.8) is 0 Å². The molecular weight excluding hydrogens is 304 g/mol. The molecule has 0 fully saturated rings. The van der Waals surface area contributed by atoms with Crippen molar-refractivity contribution in [2.75, 3.05) is 6.61 Å². The molecule has 4 nitrogen and oxygen atoms in total. The molecule has 0 aromatic heterocycles. The summed E-state index contributed by atoms with van der Waals surface area (Å²) in [6.07, 6.45) is -1.36. The molecule has 0 aliphatic rings. The number of aliphatic hydroxyl groups excluding tert-OH is 2. The molecular formula is C20H24O4. The zero-order valence-electron chi connectivity index (χ0n) is 13.6. The molecule has 4 heteroatoms. The van der Waals surface area contributed by atoms with Crippen LogP contribution in [0.4, 0.5) is 0 Å². The van der Waals surface area contributed by atoms with Gasteiger partial charge in [0.2, 0.25) is 0 Å². The van der Waals surface area contributed by atoms with Gasteiger partial charge in [0.1, 0.15) is 18.3 Å². The lowest BCUT2D eigenvalue weighted by Gasteiger charge is -2.26. The summed E-state index contributed by atoms with van der Waals surface area (Å²) in [7, 11) is 0. The molecule has 0 heterocycles. The fourth-order valence-electron chi connectivity index (χ4n) is 2.30. The van der Waals surface area contributed by atoms with E-state index in [0.717, 1.165) is 11.1 Å². The summed E-state index contributed by atoms with van der Waals surface area (Å²) in [5.41, 5.74) is 1.99. The van der Waals surface area contributed by atoms with Gasteiger partial charge in [0.15, 0.2) is 0 Å². The average Bonchev–Trinajstić information content (AvgIpc) is 2.63. The van der Waals surface area contributed by atoms with Crippen molar-refractivity contribution in [3.05, 3.63) is 84.4 Å². The van der Waals surface area contributed by atoms with Crippen molar-refractivity contribution in [1.29, 1.82) is 0 Å². The highest BCUT2D eigenvalue weighted by molar-refractivity contribution is 5.14. The Hall–Kier alpha value is -1.98.